The number of aromatic carboxylic acids is 1. The predicted octanol–water partition coefficient (Wildman–Crippen LogP) is 3.34. The predicted molar refractivity (Wildman–Crippen MR) is 99.1 cm³/mol. The zero-order valence-electron chi connectivity index (χ0n) is 14.5. The molecule has 134 valence electrons. The van der Waals surface area contributed by atoms with Crippen molar-refractivity contribution >= 4 is 28.9 Å². The number of carboxylic acid groups (broad SMARTS) is 1. The van der Waals surface area contributed by atoms with Gasteiger partial charge in [-0.05, 0) is 12.5 Å². The summed E-state index contributed by atoms with van der Waals surface area (Å²) in [6.45, 7) is 2.65. The molecule has 0 saturated carbocycles. The van der Waals surface area contributed by atoms with E-state index in [9.17, 15) is 19.5 Å². The van der Waals surface area contributed by atoms with Crippen molar-refractivity contribution in [3.8, 4) is 0 Å². The van der Waals surface area contributed by atoms with Gasteiger partial charge in [-0.25, -0.2) is 4.79 Å². The van der Waals surface area contributed by atoms with Gasteiger partial charge in [-0.2, -0.15) is 0 Å². The Morgan fingerprint density at radius 2 is 1.69 bits per heavy atom. The Bertz CT molecular complexity index is 918. The third-order valence-electron chi connectivity index (χ3n) is 4.56. The van der Waals surface area contributed by atoms with E-state index in [-0.39, 0.29) is 33.7 Å². The Morgan fingerprint density at radius 3 is 2.27 bits per heavy atom. The van der Waals surface area contributed by atoms with Crippen LogP contribution in [0, 0.1) is 0 Å². The van der Waals surface area contributed by atoms with Gasteiger partial charge >= 0.3 is 5.97 Å². The lowest BCUT2D eigenvalue weighted by atomic mass is 9.81. The van der Waals surface area contributed by atoms with E-state index in [1.165, 1.54) is 6.07 Å². The zero-order valence-corrected chi connectivity index (χ0v) is 14.5. The Hall–Kier alpha value is -3.15. The molecule has 0 heterocycles. The Labute approximate surface area is 151 Å². The molecule has 0 fully saturated rings. The van der Waals surface area contributed by atoms with Crippen LogP contribution in [0.4, 0.5) is 11.4 Å². The topological polar surface area (TPSA) is 109 Å². The Morgan fingerprint density at radius 1 is 1.08 bits per heavy atom. The smallest absolute Gasteiger partial charge is 0.337 e. The number of anilines is 2. The summed E-state index contributed by atoms with van der Waals surface area (Å²) in [5.74, 6) is -1.98. The van der Waals surface area contributed by atoms with Gasteiger partial charge in [0.15, 0.2) is 11.6 Å². The van der Waals surface area contributed by atoms with Crippen molar-refractivity contribution in [2.24, 2.45) is 0 Å². The third kappa shape index (κ3) is 2.83. The van der Waals surface area contributed by atoms with E-state index in [1.807, 2.05) is 0 Å². The molecular weight excluding hydrogens is 332 g/mol. The molecule has 1 aliphatic carbocycles. The molecule has 1 aliphatic rings. The first-order chi connectivity index (χ1) is 12.5. The molecule has 6 heteroatoms. The van der Waals surface area contributed by atoms with Gasteiger partial charge in [0.1, 0.15) is 0 Å². The van der Waals surface area contributed by atoms with Crippen LogP contribution in [0.2, 0.25) is 0 Å². The molecule has 0 bridgehead atoms. The molecule has 26 heavy (non-hydrogen) atoms. The zero-order chi connectivity index (χ0) is 18.8. The number of nitrogens with one attached hydrogen (secondary N) is 1. The molecule has 0 aromatic heterocycles. The summed E-state index contributed by atoms with van der Waals surface area (Å²) < 4.78 is 0. The van der Waals surface area contributed by atoms with Crippen molar-refractivity contribution in [2.45, 2.75) is 26.2 Å². The maximum Gasteiger partial charge on any atom is 0.337 e. The van der Waals surface area contributed by atoms with Crippen molar-refractivity contribution in [2.75, 3.05) is 17.6 Å². The van der Waals surface area contributed by atoms with Crippen molar-refractivity contribution in [3.63, 3.8) is 0 Å². The molecule has 2 aromatic carbocycles. The first-order valence-corrected chi connectivity index (χ1v) is 8.59. The second kappa shape index (κ2) is 7.00. The molecule has 2 aromatic rings. The van der Waals surface area contributed by atoms with Gasteiger partial charge in [0.2, 0.25) is 0 Å². The normalized spacial score (nSPS) is 12.5. The Kier molecular flexibility index (Phi) is 4.75. The second-order valence-corrected chi connectivity index (χ2v) is 6.28. The molecule has 3 rings (SSSR count). The summed E-state index contributed by atoms with van der Waals surface area (Å²) in [5, 5.41) is 12.6. The van der Waals surface area contributed by atoms with Crippen LogP contribution in [0.25, 0.3) is 0 Å². The molecule has 0 spiro atoms. The second-order valence-electron chi connectivity index (χ2n) is 6.28. The van der Waals surface area contributed by atoms with Crippen molar-refractivity contribution in [1.82, 2.24) is 0 Å². The molecule has 0 unspecified atom stereocenters. The first-order valence-electron chi connectivity index (χ1n) is 8.59. The van der Waals surface area contributed by atoms with E-state index in [0.717, 1.165) is 19.3 Å². The number of fused-ring (bicyclic) bond motifs is 2. The average Bonchev–Trinajstić information content (AvgIpc) is 2.63. The molecule has 4 N–H and O–H groups in total. The molecule has 0 aliphatic heterocycles. The quantitative estimate of drug-likeness (QED) is 0.464. The maximum atomic E-state index is 13.0. The number of hydrogen-bond acceptors (Lipinski definition) is 5. The summed E-state index contributed by atoms with van der Waals surface area (Å²) in [4.78, 5) is 37.5. The SMILES string of the molecule is CCCCCNc1cc(C(=O)O)c(N)c2c1C(=O)c1ccccc1C2=O. The van der Waals surface area contributed by atoms with Crippen LogP contribution in [0.3, 0.4) is 0 Å². The highest BCUT2D eigenvalue weighted by atomic mass is 16.4. The van der Waals surface area contributed by atoms with Crippen LogP contribution in [0.1, 0.15) is 68.4 Å². The van der Waals surface area contributed by atoms with Gasteiger partial charge < -0.3 is 16.2 Å². The van der Waals surface area contributed by atoms with Crippen molar-refractivity contribution < 1.29 is 19.5 Å². The van der Waals surface area contributed by atoms with E-state index in [0.29, 0.717) is 17.8 Å². The molecule has 0 amide bonds. The average molecular weight is 352 g/mol. The van der Waals surface area contributed by atoms with E-state index in [1.54, 1.807) is 24.3 Å². The number of benzene rings is 2. The summed E-state index contributed by atoms with van der Waals surface area (Å²) in [5.41, 5.74) is 6.67. The molecule has 0 radical (unpaired) electrons. The molecule has 0 saturated heterocycles. The van der Waals surface area contributed by atoms with Crippen LogP contribution >= 0.6 is 0 Å². The van der Waals surface area contributed by atoms with Crippen LogP contribution in [-0.4, -0.2) is 29.2 Å². The van der Waals surface area contributed by atoms with Crippen LogP contribution in [0.5, 0.6) is 0 Å². The molecule has 0 atom stereocenters. The summed E-state index contributed by atoms with van der Waals surface area (Å²) in [6, 6.07) is 7.86. The number of carboxylic acids is 1. The lowest BCUT2D eigenvalue weighted by Gasteiger charge is -2.23. The standard InChI is InChI=1S/C20H20N2O4/c1-2-3-6-9-22-14-10-13(20(25)26)17(21)16-15(14)18(23)11-7-4-5-8-12(11)19(16)24/h4-5,7-8,10,22H,2-3,6,9,21H2,1H3,(H,25,26). The van der Waals surface area contributed by atoms with Crippen molar-refractivity contribution in [3.05, 3.63) is 58.1 Å². The van der Waals surface area contributed by atoms with Crippen LogP contribution in [0.15, 0.2) is 30.3 Å². The molecule has 6 nitrogen and oxygen atoms in total. The minimum atomic E-state index is -1.24. The number of carbonyl (C=O) groups excluding carboxylic acids is 2. The van der Waals surface area contributed by atoms with E-state index >= 15 is 0 Å². The van der Waals surface area contributed by atoms with Gasteiger partial charge in [0.25, 0.3) is 0 Å². The summed E-state index contributed by atoms with van der Waals surface area (Å²) >= 11 is 0. The number of unbranched alkanes of at least 4 members (excludes halogenated alkanes) is 2. The largest absolute Gasteiger partial charge is 0.478 e. The third-order valence-corrected chi connectivity index (χ3v) is 4.56. The minimum Gasteiger partial charge on any atom is -0.478 e. The van der Waals surface area contributed by atoms with Gasteiger partial charge in [0.05, 0.1) is 22.4 Å². The maximum absolute atomic E-state index is 13.0. The number of nitrogen functional groups attached to an aromatic ring is 1. The van der Waals surface area contributed by atoms with Crippen LogP contribution < -0.4 is 11.1 Å². The van der Waals surface area contributed by atoms with Gasteiger partial charge in [-0.3, -0.25) is 9.59 Å². The van der Waals surface area contributed by atoms with E-state index in [4.69, 9.17) is 5.73 Å². The number of rotatable bonds is 6. The number of carbonyl (C=O) groups is 3. The van der Waals surface area contributed by atoms with Gasteiger partial charge in [-0.1, -0.05) is 44.0 Å². The first kappa shape index (κ1) is 17.7. The highest BCUT2D eigenvalue weighted by molar-refractivity contribution is 6.32. The minimum absolute atomic E-state index is 0.0217. The fraction of sp³-hybridized carbons (Fsp3) is 0.250. The fourth-order valence-corrected chi connectivity index (χ4v) is 3.23. The summed E-state index contributed by atoms with van der Waals surface area (Å²) in [7, 11) is 0. The lowest BCUT2D eigenvalue weighted by molar-refractivity contribution is 0.0697. The number of nitrogens with two attached hydrogens (primary N) is 1. The lowest BCUT2D eigenvalue weighted by Crippen LogP contribution is -2.25. The van der Waals surface area contributed by atoms with E-state index in [2.05, 4.69) is 12.2 Å². The van der Waals surface area contributed by atoms with Gasteiger partial charge in [0, 0.05) is 23.4 Å². The van der Waals surface area contributed by atoms with E-state index < -0.39 is 11.8 Å². The monoisotopic (exact) mass is 352 g/mol. The number of hydrogen-bond donors (Lipinski definition) is 3. The van der Waals surface area contributed by atoms with Crippen molar-refractivity contribution in [1.29, 1.82) is 0 Å². The van der Waals surface area contributed by atoms with Crippen LogP contribution in [-0.2, 0) is 0 Å². The Balaban J connectivity index is 2.18. The number of ketones is 2. The highest BCUT2D eigenvalue weighted by Gasteiger charge is 2.35. The fourth-order valence-electron chi connectivity index (χ4n) is 3.23. The highest BCUT2D eigenvalue weighted by Crippen LogP contribution is 2.37. The van der Waals surface area contributed by atoms with Gasteiger partial charge in [-0.15, -0.1) is 0 Å². The summed E-state index contributed by atoms with van der Waals surface area (Å²) in [6.07, 6.45) is 2.91. The molecular formula is C20H20N2O4.